The van der Waals surface area contributed by atoms with E-state index in [0.717, 1.165) is 41.8 Å². The molecule has 1 saturated heterocycles. The fourth-order valence-electron chi connectivity index (χ4n) is 3.04. The molecule has 1 fully saturated rings. The molecule has 9 heteroatoms. The third-order valence-electron chi connectivity index (χ3n) is 4.55. The number of piperidine rings is 1. The molecular formula is C24H33N3O5S. The molecule has 180 valence electrons. The lowest BCUT2D eigenvalue weighted by molar-refractivity contribution is -0.120. The van der Waals surface area contributed by atoms with Crippen molar-refractivity contribution in [2.24, 2.45) is 5.14 Å². The first-order valence-electron chi connectivity index (χ1n) is 10.8. The van der Waals surface area contributed by atoms with Crippen molar-refractivity contribution >= 4 is 24.5 Å². The molecule has 0 saturated carbocycles. The zero-order valence-electron chi connectivity index (χ0n) is 19.4. The Morgan fingerprint density at radius 3 is 2.48 bits per heavy atom. The molecule has 8 nitrogen and oxygen atoms in total. The summed E-state index contributed by atoms with van der Waals surface area (Å²) in [5.74, 6) is 0.526. The fourth-order valence-corrected chi connectivity index (χ4v) is 3.33. The Morgan fingerprint density at radius 2 is 1.88 bits per heavy atom. The van der Waals surface area contributed by atoms with Crippen LogP contribution in [0, 0.1) is 0 Å². The van der Waals surface area contributed by atoms with E-state index < -0.39 is 5.60 Å². The SMILES string of the molecule is CC(C)(C)OC(=O)N1CCCC(NOCc2ccccc2)C1.NSc1ccc(OC=O)cc1. The standard InChI is InChI=1S/C17H26N2O3.C7H7NO2S/c1-17(2,3)22-16(20)19-11-7-10-15(12-19)18-21-13-14-8-5-4-6-9-14;8-11-7-3-1-6(2-4-7)10-5-9/h4-6,8-9,15,18H,7,10-13H2,1-3H3;1-5H,8H2. The van der Waals surface area contributed by atoms with Crippen LogP contribution in [0.15, 0.2) is 59.5 Å². The average molecular weight is 476 g/mol. The molecule has 1 aliphatic rings. The van der Waals surface area contributed by atoms with Crippen LogP contribution in [-0.4, -0.2) is 42.2 Å². The molecule has 3 rings (SSSR count). The molecule has 1 amide bonds. The summed E-state index contributed by atoms with van der Waals surface area (Å²) in [5.41, 5.74) is 3.73. The van der Waals surface area contributed by atoms with Gasteiger partial charge in [0.15, 0.2) is 0 Å². The van der Waals surface area contributed by atoms with Gasteiger partial charge in [0.05, 0.1) is 12.6 Å². The monoisotopic (exact) mass is 475 g/mol. The first-order valence-corrected chi connectivity index (χ1v) is 11.6. The number of hydroxylamine groups is 1. The number of amides is 1. The van der Waals surface area contributed by atoms with Crippen molar-refractivity contribution in [3.63, 3.8) is 0 Å². The highest BCUT2D eigenvalue weighted by Gasteiger charge is 2.27. The van der Waals surface area contributed by atoms with Crippen molar-refractivity contribution in [1.29, 1.82) is 0 Å². The molecule has 0 spiro atoms. The van der Waals surface area contributed by atoms with Crippen LogP contribution in [0.2, 0.25) is 0 Å². The van der Waals surface area contributed by atoms with Crippen molar-refractivity contribution in [3.05, 3.63) is 60.2 Å². The van der Waals surface area contributed by atoms with Gasteiger partial charge in [-0.05, 0) is 75.4 Å². The van der Waals surface area contributed by atoms with E-state index in [4.69, 9.17) is 14.7 Å². The maximum Gasteiger partial charge on any atom is 0.410 e. The Kier molecular flexibility index (Phi) is 11.2. The number of ether oxygens (including phenoxy) is 2. The first kappa shape index (κ1) is 26.7. The summed E-state index contributed by atoms with van der Waals surface area (Å²) < 4.78 is 9.99. The molecule has 0 bridgehead atoms. The predicted octanol–water partition coefficient (Wildman–Crippen LogP) is 4.29. The van der Waals surface area contributed by atoms with Gasteiger partial charge < -0.3 is 14.4 Å². The molecule has 1 atom stereocenters. The third kappa shape index (κ3) is 10.7. The van der Waals surface area contributed by atoms with E-state index in [-0.39, 0.29) is 12.1 Å². The molecule has 2 aromatic carbocycles. The van der Waals surface area contributed by atoms with Crippen LogP contribution in [0.3, 0.4) is 0 Å². The molecule has 3 N–H and O–H groups in total. The van der Waals surface area contributed by atoms with Crippen LogP contribution in [0.5, 0.6) is 5.75 Å². The van der Waals surface area contributed by atoms with Gasteiger partial charge in [-0.2, -0.15) is 5.48 Å². The molecule has 0 radical (unpaired) electrons. The maximum absolute atomic E-state index is 12.1. The second kappa shape index (κ2) is 13.8. The second-order valence-corrected chi connectivity index (χ2v) is 9.17. The van der Waals surface area contributed by atoms with Gasteiger partial charge in [-0.25, -0.2) is 4.79 Å². The number of hydrogen-bond acceptors (Lipinski definition) is 8. The highest BCUT2D eigenvalue weighted by molar-refractivity contribution is 7.97. The highest BCUT2D eigenvalue weighted by Crippen LogP contribution is 2.17. The Bertz CT molecular complexity index is 843. The van der Waals surface area contributed by atoms with Crippen LogP contribution in [0.25, 0.3) is 0 Å². The summed E-state index contributed by atoms with van der Waals surface area (Å²) in [5, 5.41) is 5.28. The van der Waals surface area contributed by atoms with Gasteiger partial charge in [0.25, 0.3) is 6.47 Å². The number of carbonyl (C=O) groups is 2. The highest BCUT2D eigenvalue weighted by atomic mass is 32.2. The lowest BCUT2D eigenvalue weighted by atomic mass is 10.1. The van der Waals surface area contributed by atoms with Gasteiger partial charge in [0.1, 0.15) is 11.4 Å². The van der Waals surface area contributed by atoms with Crippen LogP contribution >= 0.6 is 11.9 Å². The minimum atomic E-state index is -0.457. The summed E-state index contributed by atoms with van der Waals surface area (Å²) in [6, 6.07) is 17.1. The summed E-state index contributed by atoms with van der Waals surface area (Å²) in [6.07, 6.45) is 1.70. The van der Waals surface area contributed by atoms with Gasteiger partial charge >= 0.3 is 6.09 Å². The van der Waals surface area contributed by atoms with Gasteiger partial charge in [-0.15, -0.1) is 0 Å². The second-order valence-electron chi connectivity index (χ2n) is 8.46. The fraction of sp³-hybridized carbons (Fsp3) is 0.417. The van der Waals surface area contributed by atoms with E-state index in [2.05, 4.69) is 10.2 Å². The van der Waals surface area contributed by atoms with E-state index in [1.165, 1.54) is 0 Å². The van der Waals surface area contributed by atoms with Gasteiger partial charge in [0, 0.05) is 18.0 Å². The topological polar surface area (TPSA) is 103 Å². The smallest absolute Gasteiger partial charge is 0.410 e. The van der Waals surface area contributed by atoms with Crippen molar-refractivity contribution in [1.82, 2.24) is 10.4 Å². The Labute approximate surface area is 199 Å². The van der Waals surface area contributed by atoms with Crippen LogP contribution in [0.1, 0.15) is 39.2 Å². The van der Waals surface area contributed by atoms with Crippen LogP contribution < -0.4 is 15.4 Å². The van der Waals surface area contributed by atoms with E-state index in [0.29, 0.717) is 25.4 Å². The molecular weight excluding hydrogens is 442 g/mol. The van der Waals surface area contributed by atoms with Crippen LogP contribution in [0.4, 0.5) is 4.79 Å². The summed E-state index contributed by atoms with van der Waals surface area (Å²) >= 11 is 1.15. The summed E-state index contributed by atoms with van der Waals surface area (Å²) in [4.78, 5) is 30.2. The number of likely N-dealkylation sites (tertiary alicyclic amines) is 1. The lowest BCUT2D eigenvalue weighted by Crippen LogP contribution is -2.49. The van der Waals surface area contributed by atoms with Crippen molar-refractivity contribution in [2.45, 2.75) is 56.8 Å². The summed E-state index contributed by atoms with van der Waals surface area (Å²) in [7, 11) is 0. The first-order chi connectivity index (χ1) is 15.8. The van der Waals surface area contributed by atoms with E-state index in [9.17, 15) is 9.59 Å². The number of nitrogens with zero attached hydrogens (tertiary/aromatic N) is 1. The summed E-state index contributed by atoms with van der Waals surface area (Å²) in [6.45, 7) is 7.92. The number of nitrogens with one attached hydrogen (secondary N) is 1. The van der Waals surface area contributed by atoms with Crippen LogP contribution in [-0.2, 0) is 21.0 Å². The minimum Gasteiger partial charge on any atom is -0.444 e. The Morgan fingerprint density at radius 1 is 1.18 bits per heavy atom. The maximum atomic E-state index is 12.1. The van der Waals surface area contributed by atoms with Crippen molar-refractivity contribution < 1.29 is 23.9 Å². The minimum absolute atomic E-state index is 0.144. The van der Waals surface area contributed by atoms with Gasteiger partial charge in [-0.3, -0.25) is 14.8 Å². The largest absolute Gasteiger partial charge is 0.444 e. The molecule has 0 aliphatic carbocycles. The Hall–Kier alpha value is -2.59. The molecule has 2 aromatic rings. The third-order valence-corrected chi connectivity index (χ3v) is 5.09. The van der Waals surface area contributed by atoms with Gasteiger partial charge in [-0.1, -0.05) is 30.3 Å². The molecule has 1 heterocycles. The zero-order valence-corrected chi connectivity index (χ0v) is 20.2. The number of benzene rings is 2. The predicted molar refractivity (Wildman–Crippen MR) is 128 cm³/mol. The average Bonchev–Trinajstić information content (AvgIpc) is 2.80. The molecule has 1 aliphatic heterocycles. The number of hydrogen-bond donors (Lipinski definition) is 2. The molecule has 33 heavy (non-hydrogen) atoms. The molecule has 0 aromatic heterocycles. The zero-order chi connectivity index (χ0) is 24.1. The quantitative estimate of drug-likeness (QED) is 0.347. The Balaban J connectivity index is 0.000000294. The number of carbonyl (C=O) groups excluding carboxylic acids is 2. The van der Waals surface area contributed by atoms with Gasteiger partial charge in [0.2, 0.25) is 0 Å². The number of nitrogens with two attached hydrogens (primary N) is 1. The van der Waals surface area contributed by atoms with Crippen molar-refractivity contribution in [2.75, 3.05) is 13.1 Å². The van der Waals surface area contributed by atoms with E-state index in [1.807, 2.05) is 51.1 Å². The van der Waals surface area contributed by atoms with E-state index in [1.54, 1.807) is 29.2 Å². The lowest BCUT2D eigenvalue weighted by Gasteiger charge is -2.34. The van der Waals surface area contributed by atoms with E-state index >= 15 is 0 Å². The molecule has 1 unspecified atom stereocenters. The number of rotatable bonds is 7. The normalized spacial score (nSPS) is 15.8. The van der Waals surface area contributed by atoms with Crippen molar-refractivity contribution in [3.8, 4) is 5.75 Å².